The molecule has 0 bridgehead atoms. The molecular weight excluding hydrogens is 150 g/mol. The van der Waals surface area contributed by atoms with Crippen molar-refractivity contribution < 1.29 is 4.74 Å². The van der Waals surface area contributed by atoms with Crippen LogP contribution in [0.3, 0.4) is 0 Å². The normalized spacial score (nSPS) is 13.9. The van der Waals surface area contributed by atoms with Gasteiger partial charge >= 0.3 is 0 Å². The molecule has 0 fully saturated rings. The lowest BCUT2D eigenvalue weighted by Crippen LogP contribution is -2.05. The molecule has 0 unspecified atom stereocenters. The molecule has 1 aromatic carbocycles. The highest BCUT2D eigenvalue weighted by Gasteiger charge is 2.08. The SMILES string of the molecule is CCC1=CNc2ccccc2O1. The van der Waals surface area contributed by atoms with E-state index in [0.29, 0.717) is 0 Å². The highest BCUT2D eigenvalue weighted by Crippen LogP contribution is 2.29. The Bertz CT molecular complexity index is 317. The van der Waals surface area contributed by atoms with Crippen molar-refractivity contribution in [2.75, 3.05) is 5.32 Å². The van der Waals surface area contributed by atoms with Gasteiger partial charge in [0.2, 0.25) is 0 Å². The van der Waals surface area contributed by atoms with Crippen LogP contribution in [0.25, 0.3) is 0 Å². The first-order chi connectivity index (χ1) is 5.90. The highest BCUT2D eigenvalue weighted by atomic mass is 16.5. The summed E-state index contributed by atoms with van der Waals surface area (Å²) < 4.78 is 5.58. The highest BCUT2D eigenvalue weighted by molar-refractivity contribution is 5.60. The van der Waals surface area contributed by atoms with E-state index in [0.717, 1.165) is 23.6 Å². The van der Waals surface area contributed by atoms with Gasteiger partial charge in [-0.1, -0.05) is 19.1 Å². The van der Waals surface area contributed by atoms with Crippen molar-refractivity contribution in [1.82, 2.24) is 0 Å². The fourth-order valence-corrected chi connectivity index (χ4v) is 1.18. The summed E-state index contributed by atoms with van der Waals surface area (Å²) in [7, 11) is 0. The fraction of sp³-hybridized carbons (Fsp3) is 0.200. The van der Waals surface area contributed by atoms with Gasteiger partial charge in [-0.3, -0.25) is 0 Å². The molecule has 0 atom stereocenters. The van der Waals surface area contributed by atoms with E-state index in [9.17, 15) is 0 Å². The molecule has 0 saturated heterocycles. The van der Waals surface area contributed by atoms with Crippen LogP contribution in [0.15, 0.2) is 36.2 Å². The second kappa shape index (κ2) is 2.89. The van der Waals surface area contributed by atoms with E-state index in [-0.39, 0.29) is 0 Å². The molecule has 62 valence electrons. The number of fused-ring (bicyclic) bond motifs is 1. The molecule has 1 aromatic rings. The van der Waals surface area contributed by atoms with Gasteiger partial charge in [-0.05, 0) is 12.1 Å². The molecule has 0 aliphatic carbocycles. The number of rotatable bonds is 1. The monoisotopic (exact) mass is 161 g/mol. The average Bonchev–Trinajstić information content (AvgIpc) is 2.17. The van der Waals surface area contributed by atoms with Gasteiger partial charge in [0.1, 0.15) is 11.5 Å². The predicted molar refractivity (Wildman–Crippen MR) is 49.1 cm³/mol. The minimum Gasteiger partial charge on any atom is -0.458 e. The zero-order valence-electron chi connectivity index (χ0n) is 7.00. The van der Waals surface area contributed by atoms with Gasteiger partial charge in [-0.15, -0.1) is 0 Å². The third-order valence-electron chi connectivity index (χ3n) is 1.87. The van der Waals surface area contributed by atoms with Crippen LogP contribution in [0.4, 0.5) is 5.69 Å². The van der Waals surface area contributed by atoms with Crippen LogP contribution in [-0.2, 0) is 0 Å². The van der Waals surface area contributed by atoms with Crippen molar-refractivity contribution in [3.05, 3.63) is 36.2 Å². The van der Waals surface area contributed by atoms with Gasteiger partial charge in [0.25, 0.3) is 0 Å². The number of benzene rings is 1. The Labute approximate surface area is 71.9 Å². The molecule has 1 aliphatic rings. The molecule has 0 radical (unpaired) electrons. The van der Waals surface area contributed by atoms with E-state index in [1.54, 1.807) is 0 Å². The molecular formula is C10H11NO. The van der Waals surface area contributed by atoms with Gasteiger partial charge in [-0.2, -0.15) is 0 Å². The molecule has 0 saturated carbocycles. The summed E-state index contributed by atoms with van der Waals surface area (Å²) in [6, 6.07) is 7.92. The molecule has 1 heterocycles. The Hall–Kier alpha value is -1.44. The minimum absolute atomic E-state index is 0.914. The summed E-state index contributed by atoms with van der Waals surface area (Å²) in [5.41, 5.74) is 1.04. The van der Waals surface area contributed by atoms with Crippen LogP contribution in [-0.4, -0.2) is 0 Å². The van der Waals surface area contributed by atoms with Crippen LogP contribution in [0.2, 0.25) is 0 Å². The molecule has 0 amide bonds. The first-order valence-corrected chi connectivity index (χ1v) is 4.12. The summed E-state index contributed by atoms with van der Waals surface area (Å²) in [6.07, 6.45) is 2.82. The summed E-state index contributed by atoms with van der Waals surface area (Å²) >= 11 is 0. The second-order valence-electron chi connectivity index (χ2n) is 2.71. The van der Waals surface area contributed by atoms with Gasteiger partial charge in [-0.25, -0.2) is 0 Å². The number of allylic oxidation sites excluding steroid dienone is 1. The summed E-state index contributed by atoms with van der Waals surface area (Å²) in [6.45, 7) is 2.07. The average molecular weight is 161 g/mol. The van der Waals surface area contributed by atoms with Crippen LogP contribution in [0.1, 0.15) is 13.3 Å². The van der Waals surface area contributed by atoms with Crippen LogP contribution in [0.5, 0.6) is 5.75 Å². The van der Waals surface area contributed by atoms with Crippen LogP contribution in [0, 0.1) is 0 Å². The van der Waals surface area contributed by atoms with E-state index < -0.39 is 0 Å². The second-order valence-corrected chi connectivity index (χ2v) is 2.71. The quantitative estimate of drug-likeness (QED) is 0.683. The van der Waals surface area contributed by atoms with Crippen molar-refractivity contribution >= 4 is 5.69 Å². The van der Waals surface area contributed by atoms with Gasteiger partial charge < -0.3 is 10.1 Å². The lowest BCUT2D eigenvalue weighted by atomic mass is 10.2. The number of anilines is 1. The van der Waals surface area contributed by atoms with E-state index >= 15 is 0 Å². The Morgan fingerprint density at radius 2 is 2.17 bits per heavy atom. The molecule has 2 heteroatoms. The van der Waals surface area contributed by atoms with Gasteiger partial charge in [0, 0.05) is 12.6 Å². The van der Waals surface area contributed by atoms with Crippen molar-refractivity contribution in [2.45, 2.75) is 13.3 Å². The maximum Gasteiger partial charge on any atom is 0.150 e. The number of nitrogens with one attached hydrogen (secondary N) is 1. The Morgan fingerprint density at radius 1 is 1.33 bits per heavy atom. The van der Waals surface area contributed by atoms with Crippen molar-refractivity contribution in [3.8, 4) is 5.75 Å². The number of hydrogen-bond acceptors (Lipinski definition) is 2. The zero-order chi connectivity index (χ0) is 8.39. The lowest BCUT2D eigenvalue weighted by Gasteiger charge is -2.17. The standard InChI is InChI=1S/C10H11NO/c1-2-8-7-11-9-5-3-4-6-10(9)12-8/h3-7,11H,2H2,1H3. The maximum absolute atomic E-state index is 5.58. The summed E-state index contributed by atoms with van der Waals surface area (Å²) in [5, 5.41) is 3.18. The molecule has 2 nitrogen and oxygen atoms in total. The Balaban J connectivity index is 2.31. The van der Waals surface area contributed by atoms with Crippen molar-refractivity contribution in [2.24, 2.45) is 0 Å². The fourth-order valence-electron chi connectivity index (χ4n) is 1.18. The smallest absolute Gasteiger partial charge is 0.150 e. The van der Waals surface area contributed by atoms with E-state index in [1.807, 2.05) is 30.5 Å². The molecule has 2 rings (SSSR count). The van der Waals surface area contributed by atoms with Crippen LogP contribution < -0.4 is 10.1 Å². The maximum atomic E-state index is 5.58. The molecule has 0 aromatic heterocycles. The van der Waals surface area contributed by atoms with Crippen LogP contribution >= 0.6 is 0 Å². The van der Waals surface area contributed by atoms with Crippen molar-refractivity contribution in [1.29, 1.82) is 0 Å². The van der Waals surface area contributed by atoms with E-state index in [2.05, 4.69) is 12.2 Å². The van der Waals surface area contributed by atoms with Gasteiger partial charge in [0.05, 0.1) is 5.69 Å². The zero-order valence-corrected chi connectivity index (χ0v) is 7.00. The largest absolute Gasteiger partial charge is 0.458 e. The molecule has 12 heavy (non-hydrogen) atoms. The number of hydrogen-bond donors (Lipinski definition) is 1. The first kappa shape index (κ1) is 7.22. The number of ether oxygens (including phenoxy) is 1. The third-order valence-corrected chi connectivity index (χ3v) is 1.87. The topological polar surface area (TPSA) is 21.3 Å². The number of para-hydroxylation sites is 2. The first-order valence-electron chi connectivity index (χ1n) is 4.12. The lowest BCUT2D eigenvalue weighted by molar-refractivity contribution is 0.405. The Morgan fingerprint density at radius 3 is 3.00 bits per heavy atom. The van der Waals surface area contributed by atoms with Gasteiger partial charge in [0.15, 0.2) is 0 Å². The molecule has 1 aliphatic heterocycles. The summed E-state index contributed by atoms with van der Waals surface area (Å²) in [5.74, 6) is 1.89. The molecule has 0 spiro atoms. The Kier molecular flexibility index (Phi) is 1.74. The predicted octanol–water partition coefficient (Wildman–Crippen LogP) is 2.74. The molecule has 1 N–H and O–H groups in total. The van der Waals surface area contributed by atoms with E-state index in [1.165, 1.54) is 0 Å². The van der Waals surface area contributed by atoms with E-state index in [4.69, 9.17) is 4.74 Å². The summed E-state index contributed by atoms with van der Waals surface area (Å²) in [4.78, 5) is 0. The van der Waals surface area contributed by atoms with Crippen molar-refractivity contribution in [3.63, 3.8) is 0 Å². The minimum atomic E-state index is 0.914. The third kappa shape index (κ3) is 1.16.